The van der Waals surface area contributed by atoms with E-state index in [9.17, 15) is 9.18 Å². The summed E-state index contributed by atoms with van der Waals surface area (Å²) in [6.45, 7) is 0.983. The predicted octanol–water partition coefficient (Wildman–Crippen LogP) is 3.53. The number of benzene rings is 2. The minimum atomic E-state index is -0.744. The number of anilines is 1. The average Bonchev–Trinajstić information content (AvgIpc) is 2.69. The molecule has 3 rings (SSSR count). The molecule has 1 aliphatic rings. The van der Waals surface area contributed by atoms with Gasteiger partial charge in [0.15, 0.2) is 11.5 Å². The van der Waals surface area contributed by atoms with Gasteiger partial charge in [-0.15, -0.1) is 0 Å². The number of hydrogen-bond acceptors (Lipinski definition) is 4. The molecule has 0 bridgehead atoms. The minimum Gasteiger partial charge on any atom is -0.493 e. The lowest BCUT2D eigenvalue weighted by Gasteiger charge is -2.36. The molecule has 0 spiro atoms. The maximum Gasteiger partial charge on any atom is 0.235 e. The average molecular weight is 359 g/mol. The van der Waals surface area contributed by atoms with E-state index in [-0.39, 0.29) is 11.7 Å². The molecule has 0 atom stereocenters. The fraction of sp³-hybridized carbons (Fsp3) is 0.350. The lowest BCUT2D eigenvalue weighted by molar-refractivity contribution is -0.125. The van der Waals surface area contributed by atoms with E-state index >= 15 is 0 Å². The molecule has 138 valence electrons. The van der Waals surface area contributed by atoms with Gasteiger partial charge < -0.3 is 19.5 Å². The SMILES string of the molecule is COc1ccc(C2(C(=O)Nc3ccc(F)cc3)CCOCC2)cc1OC. The van der Waals surface area contributed by atoms with Crippen LogP contribution in [-0.4, -0.2) is 33.3 Å². The first kappa shape index (κ1) is 18.2. The molecular formula is C20H22FNO4. The van der Waals surface area contributed by atoms with E-state index in [0.29, 0.717) is 43.2 Å². The fourth-order valence-corrected chi connectivity index (χ4v) is 3.28. The number of halogens is 1. The topological polar surface area (TPSA) is 56.8 Å². The molecule has 0 unspecified atom stereocenters. The monoisotopic (exact) mass is 359 g/mol. The van der Waals surface area contributed by atoms with Crippen molar-refractivity contribution in [3.05, 3.63) is 53.8 Å². The molecule has 5 nitrogen and oxygen atoms in total. The van der Waals surface area contributed by atoms with E-state index in [1.54, 1.807) is 32.4 Å². The second-order valence-electron chi connectivity index (χ2n) is 6.23. The van der Waals surface area contributed by atoms with Gasteiger partial charge in [-0.2, -0.15) is 0 Å². The Labute approximate surface area is 152 Å². The molecule has 0 radical (unpaired) electrons. The Hall–Kier alpha value is -2.60. The number of hydrogen-bond donors (Lipinski definition) is 1. The van der Waals surface area contributed by atoms with E-state index in [0.717, 1.165) is 5.56 Å². The molecular weight excluding hydrogens is 337 g/mol. The van der Waals surface area contributed by atoms with Crippen molar-refractivity contribution >= 4 is 11.6 Å². The molecule has 1 fully saturated rings. The molecule has 1 amide bonds. The summed E-state index contributed by atoms with van der Waals surface area (Å²) in [5.41, 5.74) is 0.660. The van der Waals surface area contributed by atoms with Gasteiger partial charge in [-0.05, 0) is 54.8 Å². The van der Waals surface area contributed by atoms with Crippen molar-refractivity contribution < 1.29 is 23.4 Å². The Morgan fingerprint density at radius 2 is 1.69 bits per heavy atom. The van der Waals surface area contributed by atoms with Crippen LogP contribution >= 0.6 is 0 Å². The van der Waals surface area contributed by atoms with Crippen LogP contribution in [0.5, 0.6) is 11.5 Å². The fourth-order valence-electron chi connectivity index (χ4n) is 3.28. The molecule has 2 aromatic rings. The molecule has 1 aliphatic heterocycles. The third kappa shape index (κ3) is 3.51. The van der Waals surface area contributed by atoms with Crippen molar-refractivity contribution in [2.45, 2.75) is 18.3 Å². The summed E-state index contributed by atoms with van der Waals surface area (Å²) in [5, 5.41) is 2.91. The quantitative estimate of drug-likeness (QED) is 0.887. The summed E-state index contributed by atoms with van der Waals surface area (Å²) >= 11 is 0. The second kappa shape index (κ2) is 7.74. The normalized spacial score (nSPS) is 16.0. The van der Waals surface area contributed by atoms with E-state index in [1.807, 2.05) is 12.1 Å². The molecule has 1 N–H and O–H groups in total. The summed E-state index contributed by atoms with van der Waals surface area (Å²) in [5.74, 6) is 0.700. The van der Waals surface area contributed by atoms with E-state index in [4.69, 9.17) is 14.2 Å². The summed E-state index contributed by atoms with van der Waals surface area (Å²) in [6.07, 6.45) is 1.10. The van der Waals surface area contributed by atoms with Gasteiger partial charge in [0.25, 0.3) is 0 Å². The predicted molar refractivity (Wildman–Crippen MR) is 96.3 cm³/mol. The Bertz CT molecular complexity index is 770. The van der Waals surface area contributed by atoms with Crippen LogP contribution in [0.4, 0.5) is 10.1 Å². The van der Waals surface area contributed by atoms with Gasteiger partial charge in [-0.1, -0.05) is 6.07 Å². The Morgan fingerprint density at radius 1 is 1.04 bits per heavy atom. The molecule has 0 aromatic heterocycles. The van der Waals surface area contributed by atoms with Gasteiger partial charge in [0.2, 0.25) is 5.91 Å². The minimum absolute atomic E-state index is 0.139. The highest BCUT2D eigenvalue weighted by Crippen LogP contribution is 2.40. The van der Waals surface area contributed by atoms with Crippen LogP contribution in [0.1, 0.15) is 18.4 Å². The van der Waals surface area contributed by atoms with Gasteiger partial charge in [0, 0.05) is 18.9 Å². The van der Waals surface area contributed by atoms with Crippen LogP contribution < -0.4 is 14.8 Å². The van der Waals surface area contributed by atoms with Crippen molar-refractivity contribution in [1.29, 1.82) is 0 Å². The number of rotatable bonds is 5. The highest BCUT2D eigenvalue weighted by atomic mass is 19.1. The van der Waals surface area contributed by atoms with Crippen LogP contribution in [0.2, 0.25) is 0 Å². The van der Waals surface area contributed by atoms with Crippen LogP contribution in [-0.2, 0) is 14.9 Å². The van der Waals surface area contributed by atoms with Gasteiger partial charge in [-0.25, -0.2) is 4.39 Å². The van der Waals surface area contributed by atoms with E-state index in [2.05, 4.69) is 5.32 Å². The number of carbonyl (C=O) groups is 1. The Balaban J connectivity index is 1.95. The molecule has 1 saturated heterocycles. The Kier molecular flexibility index (Phi) is 5.42. The van der Waals surface area contributed by atoms with Crippen molar-refractivity contribution in [2.24, 2.45) is 0 Å². The lowest BCUT2D eigenvalue weighted by atomic mass is 9.73. The van der Waals surface area contributed by atoms with Crippen molar-refractivity contribution in [2.75, 3.05) is 32.8 Å². The first-order valence-corrected chi connectivity index (χ1v) is 8.46. The van der Waals surface area contributed by atoms with Crippen LogP contribution in [0.15, 0.2) is 42.5 Å². The van der Waals surface area contributed by atoms with Crippen molar-refractivity contribution in [3.8, 4) is 11.5 Å². The number of amides is 1. The molecule has 0 aliphatic carbocycles. The Morgan fingerprint density at radius 3 is 2.31 bits per heavy atom. The molecule has 6 heteroatoms. The van der Waals surface area contributed by atoms with Gasteiger partial charge in [0.1, 0.15) is 5.82 Å². The van der Waals surface area contributed by atoms with E-state index < -0.39 is 5.41 Å². The zero-order valence-corrected chi connectivity index (χ0v) is 14.9. The highest BCUT2D eigenvalue weighted by molar-refractivity contribution is 5.99. The third-order valence-corrected chi connectivity index (χ3v) is 4.82. The number of carbonyl (C=O) groups excluding carboxylic acids is 1. The zero-order chi connectivity index (χ0) is 18.6. The second-order valence-corrected chi connectivity index (χ2v) is 6.23. The molecule has 1 heterocycles. The zero-order valence-electron chi connectivity index (χ0n) is 14.9. The van der Waals surface area contributed by atoms with Crippen LogP contribution in [0.25, 0.3) is 0 Å². The van der Waals surface area contributed by atoms with Gasteiger partial charge in [-0.3, -0.25) is 4.79 Å². The van der Waals surface area contributed by atoms with Gasteiger partial charge >= 0.3 is 0 Å². The molecule has 2 aromatic carbocycles. The maximum atomic E-state index is 13.2. The largest absolute Gasteiger partial charge is 0.493 e. The third-order valence-electron chi connectivity index (χ3n) is 4.82. The van der Waals surface area contributed by atoms with E-state index in [1.165, 1.54) is 12.1 Å². The number of nitrogens with one attached hydrogen (secondary N) is 1. The van der Waals surface area contributed by atoms with Gasteiger partial charge in [0.05, 0.1) is 19.6 Å². The first-order chi connectivity index (χ1) is 12.6. The van der Waals surface area contributed by atoms with Crippen molar-refractivity contribution in [3.63, 3.8) is 0 Å². The standard InChI is InChI=1S/C20H22FNO4/c1-24-17-8-3-14(13-18(17)25-2)20(9-11-26-12-10-20)19(23)22-16-6-4-15(21)5-7-16/h3-8,13H,9-12H2,1-2H3,(H,22,23). The lowest BCUT2D eigenvalue weighted by Crippen LogP contribution is -2.44. The summed E-state index contributed by atoms with van der Waals surface area (Å²) in [7, 11) is 3.14. The highest BCUT2D eigenvalue weighted by Gasteiger charge is 2.42. The van der Waals surface area contributed by atoms with Crippen molar-refractivity contribution in [1.82, 2.24) is 0 Å². The molecule has 26 heavy (non-hydrogen) atoms. The van der Waals surface area contributed by atoms with Crippen LogP contribution in [0, 0.1) is 5.82 Å². The first-order valence-electron chi connectivity index (χ1n) is 8.46. The summed E-state index contributed by atoms with van der Waals surface area (Å²) in [4.78, 5) is 13.2. The maximum absolute atomic E-state index is 13.2. The number of ether oxygens (including phenoxy) is 3. The molecule has 0 saturated carbocycles. The summed E-state index contributed by atoms with van der Waals surface area (Å²) < 4.78 is 29.3. The smallest absolute Gasteiger partial charge is 0.235 e. The number of methoxy groups -OCH3 is 2. The summed E-state index contributed by atoms with van der Waals surface area (Å²) in [6, 6.07) is 11.3. The van der Waals surface area contributed by atoms with Crippen LogP contribution in [0.3, 0.4) is 0 Å².